The molecular formula is C21H21N3O2. The molecule has 5 nitrogen and oxygen atoms in total. The van der Waals surface area contributed by atoms with Crippen molar-refractivity contribution < 1.29 is 9.32 Å². The van der Waals surface area contributed by atoms with Crippen molar-refractivity contribution >= 4 is 11.6 Å². The molecule has 1 saturated heterocycles. The molecule has 1 unspecified atom stereocenters. The van der Waals surface area contributed by atoms with Crippen LogP contribution in [0.25, 0.3) is 11.5 Å². The maximum absolute atomic E-state index is 12.6. The second kappa shape index (κ2) is 6.41. The van der Waals surface area contributed by atoms with Gasteiger partial charge in [0.1, 0.15) is 0 Å². The van der Waals surface area contributed by atoms with Gasteiger partial charge in [-0.2, -0.15) is 4.98 Å². The van der Waals surface area contributed by atoms with Crippen molar-refractivity contribution in [2.24, 2.45) is 0 Å². The molecule has 2 heterocycles. The summed E-state index contributed by atoms with van der Waals surface area (Å²) in [6, 6.07) is 14.1. The maximum Gasteiger partial charge on any atom is 0.258 e. The Kier molecular flexibility index (Phi) is 4.07. The van der Waals surface area contributed by atoms with Gasteiger partial charge in [-0.3, -0.25) is 4.79 Å². The van der Waals surface area contributed by atoms with Gasteiger partial charge in [-0.05, 0) is 44.0 Å². The Labute approximate surface area is 152 Å². The van der Waals surface area contributed by atoms with Crippen LogP contribution in [0.3, 0.4) is 0 Å². The van der Waals surface area contributed by atoms with Crippen molar-refractivity contribution in [1.29, 1.82) is 0 Å². The second-order valence-corrected chi connectivity index (χ2v) is 6.97. The number of amides is 1. The Balaban J connectivity index is 1.59. The van der Waals surface area contributed by atoms with Crippen LogP contribution in [0.15, 0.2) is 47.0 Å². The number of rotatable bonds is 3. The van der Waals surface area contributed by atoms with Crippen molar-refractivity contribution in [3.63, 3.8) is 0 Å². The number of anilines is 1. The molecule has 1 aromatic heterocycles. The van der Waals surface area contributed by atoms with Gasteiger partial charge >= 0.3 is 0 Å². The van der Waals surface area contributed by atoms with Crippen molar-refractivity contribution in [3.05, 3.63) is 65.0 Å². The van der Waals surface area contributed by atoms with Crippen LogP contribution in [-0.2, 0) is 4.79 Å². The molecule has 0 saturated carbocycles. The van der Waals surface area contributed by atoms with E-state index in [0.717, 1.165) is 22.4 Å². The van der Waals surface area contributed by atoms with Gasteiger partial charge in [-0.25, -0.2) is 0 Å². The molecule has 0 radical (unpaired) electrons. The van der Waals surface area contributed by atoms with E-state index in [0.29, 0.717) is 24.7 Å². The Bertz CT molecular complexity index is 977. The van der Waals surface area contributed by atoms with Gasteiger partial charge in [-0.15, -0.1) is 0 Å². The summed E-state index contributed by atoms with van der Waals surface area (Å²) in [7, 11) is 0. The zero-order valence-corrected chi connectivity index (χ0v) is 15.2. The Morgan fingerprint density at radius 1 is 1.08 bits per heavy atom. The minimum atomic E-state index is -0.0512. The number of hydrogen-bond acceptors (Lipinski definition) is 4. The van der Waals surface area contributed by atoms with Gasteiger partial charge in [-0.1, -0.05) is 41.1 Å². The van der Waals surface area contributed by atoms with Gasteiger partial charge in [0.2, 0.25) is 5.91 Å². The van der Waals surface area contributed by atoms with Crippen LogP contribution < -0.4 is 4.90 Å². The average Bonchev–Trinajstić information content (AvgIpc) is 3.22. The SMILES string of the molecule is Cc1ccc(N2CC(c3noc(-c4ccccc4C)n3)CC2=O)c(C)c1. The fourth-order valence-corrected chi connectivity index (χ4v) is 3.54. The molecule has 132 valence electrons. The fourth-order valence-electron chi connectivity index (χ4n) is 3.54. The van der Waals surface area contributed by atoms with E-state index in [4.69, 9.17) is 4.52 Å². The van der Waals surface area contributed by atoms with E-state index in [1.807, 2.05) is 55.1 Å². The van der Waals surface area contributed by atoms with Gasteiger partial charge in [0.05, 0.1) is 0 Å². The van der Waals surface area contributed by atoms with Gasteiger partial charge in [0.25, 0.3) is 5.89 Å². The number of nitrogens with zero attached hydrogens (tertiary/aromatic N) is 3. The van der Waals surface area contributed by atoms with Crippen LogP contribution in [0, 0.1) is 20.8 Å². The summed E-state index contributed by atoms with van der Waals surface area (Å²) < 4.78 is 5.47. The molecule has 1 amide bonds. The summed E-state index contributed by atoms with van der Waals surface area (Å²) in [6.45, 7) is 6.68. The highest BCUT2D eigenvalue weighted by Gasteiger charge is 2.35. The van der Waals surface area contributed by atoms with E-state index in [1.165, 1.54) is 5.56 Å². The third-order valence-electron chi connectivity index (χ3n) is 4.95. The third-order valence-corrected chi connectivity index (χ3v) is 4.95. The molecule has 1 atom stereocenters. The molecule has 5 heteroatoms. The maximum atomic E-state index is 12.6. The minimum absolute atomic E-state index is 0.0512. The smallest absolute Gasteiger partial charge is 0.258 e. The molecule has 26 heavy (non-hydrogen) atoms. The number of carbonyl (C=O) groups excluding carboxylic acids is 1. The highest BCUT2D eigenvalue weighted by atomic mass is 16.5. The van der Waals surface area contributed by atoms with Gasteiger partial charge < -0.3 is 9.42 Å². The first-order chi connectivity index (χ1) is 12.5. The van der Waals surface area contributed by atoms with Crippen molar-refractivity contribution in [2.45, 2.75) is 33.1 Å². The van der Waals surface area contributed by atoms with E-state index in [1.54, 1.807) is 0 Å². The van der Waals surface area contributed by atoms with Crippen molar-refractivity contribution in [1.82, 2.24) is 10.1 Å². The standard InChI is InChI=1S/C21H21N3O2/c1-13-8-9-18(15(3)10-13)24-12-16(11-19(24)25)20-22-21(26-23-20)17-7-5-4-6-14(17)2/h4-10,16H,11-12H2,1-3H3. The molecule has 0 bridgehead atoms. The number of carbonyl (C=O) groups is 1. The van der Waals surface area contributed by atoms with Crippen LogP contribution >= 0.6 is 0 Å². The molecule has 0 N–H and O–H groups in total. The Hall–Kier alpha value is -2.95. The van der Waals surface area contributed by atoms with Crippen molar-refractivity contribution in [3.8, 4) is 11.5 Å². The quantitative estimate of drug-likeness (QED) is 0.713. The summed E-state index contributed by atoms with van der Waals surface area (Å²) in [5.41, 5.74) is 5.28. The van der Waals surface area contributed by atoms with E-state index in [2.05, 4.69) is 23.1 Å². The zero-order valence-electron chi connectivity index (χ0n) is 15.2. The average molecular weight is 347 g/mol. The topological polar surface area (TPSA) is 59.2 Å². The van der Waals surface area contributed by atoms with Crippen LogP contribution in [-0.4, -0.2) is 22.6 Å². The van der Waals surface area contributed by atoms with E-state index < -0.39 is 0 Å². The molecule has 1 aliphatic rings. The molecule has 0 spiro atoms. The monoisotopic (exact) mass is 347 g/mol. The predicted octanol–water partition coefficient (Wildman–Crippen LogP) is 4.18. The molecule has 4 rings (SSSR count). The summed E-state index contributed by atoms with van der Waals surface area (Å²) in [5.74, 6) is 1.16. The minimum Gasteiger partial charge on any atom is -0.334 e. The summed E-state index contributed by atoms with van der Waals surface area (Å²) in [6.07, 6.45) is 0.403. The fraction of sp³-hybridized carbons (Fsp3) is 0.286. The van der Waals surface area contributed by atoms with E-state index >= 15 is 0 Å². The van der Waals surface area contributed by atoms with E-state index in [-0.39, 0.29) is 11.8 Å². The lowest BCUT2D eigenvalue weighted by Crippen LogP contribution is -2.25. The summed E-state index contributed by atoms with van der Waals surface area (Å²) in [5, 5.41) is 4.15. The normalized spacial score (nSPS) is 17.1. The molecule has 3 aromatic rings. The molecule has 1 aliphatic heterocycles. The number of benzene rings is 2. The van der Waals surface area contributed by atoms with Crippen LogP contribution in [0.5, 0.6) is 0 Å². The van der Waals surface area contributed by atoms with Crippen LogP contribution in [0.1, 0.15) is 34.9 Å². The predicted molar refractivity (Wildman–Crippen MR) is 100 cm³/mol. The van der Waals surface area contributed by atoms with Crippen LogP contribution in [0.4, 0.5) is 5.69 Å². The zero-order chi connectivity index (χ0) is 18.3. The molecular weight excluding hydrogens is 326 g/mol. The molecule has 1 fully saturated rings. The second-order valence-electron chi connectivity index (χ2n) is 6.97. The van der Waals surface area contributed by atoms with Crippen LogP contribution in [0.2, 0.25) is 0 Å². The molecule has 0 aliphatic carbocycles. The van der Waals surface area contributed by atoms with Gasteiger partial charge in [0.15, 0.2) is 5.82 Å². The highest BCUT2D eigenvalue weighted by Crippen LogP contribution is 2.33. The number of aromatic nitrogens is 2. The summed E-state index contributed by atoms with van der Waals surface area (Å²) in [4.78, 5) is 19.0. The lowest BCUT2D eigenvalue weighted by atomic mass is 10.1. The largest absolute Gasteiger partial charge is 0.334 e. The highest BCUT2D eigenvalue weighted by molar-refractivity contribution is 5.97. The first kappa shape index (κ1) is 16.5. The van der Waals surface area contributed by atoms with Crippen molar-refractivity contribution in [2.75, 3.05) is 11.4 Å². The first-order valence-corrected chi connectivity index (χ1v) is 8.80. The third kappa shape index (κ3) is 2.90. The summed E-state index contributed by atoms with van der Waals surface area (Å²) >= 11 is 0. The molecule has 2 aromatic carbocycles. The number of hydrogen-bond donors (Lipinski definition) is 0. The Morgan fingerprint density at radius 2 is 1.88 bits per heavy atom. The lowest BCUT2D eigenvalue weighted by Gasteiger charge is -2.19. The van der Waals surface area contributed by atoms with E-state index in [9.17, 15) is 4.79 Å². The first-order valence-electron chi connectivity index (χ1n) is 8.80. The Morgan fingerprint density at radius 3 is 2.65 bits per heavy atom. The lowest BCUT2D eigenvalue weighted by molar-refractivity contribution is -0.117. The number of aryl methyl sites for hydroxylation is 3. The van der Waals surface area contributed by atoms with Gasteiger partial charge in [0, 0.05) is 30.1 Å².